The van der Waals surface area contributed by atoms with Crippen LogP contribution in [0.15, 0.2) is 29.3 Å². The molecule has 2 heterocycles. The SMILES string of the molecule is c1ccc2c(c1)=NCC1COCCNC=21. The summed E-state index contributed by atoms with van der Waals surface area (Å²) in [6.07, 6.45) is 0. The van der Waals surface area contributed by atoms with E-state index in [9.17, 15) is 0 Å². The molecule has 78 valence electrons. The van der Waals surface area contributed by atoms with Gasteiger partial charge in [-0.1, -0.05) is 18.2 Å². The van der Waals surface area contributed by atoms with E-state index in [1.54, 1.807) is 0 Å². The summed E-state index contributed by atoms with van der Waals surface area (Å²) in [4.78, 5) is 4.58. The molecule has 1 aromatic rings. The van der Waals surface area contributed by atoms with Crippen molar-refractivity contribution in [3.05, 3.63) is 34.8 Å². The zero-order valence-corrected chi connectivity index (χ0v) is 8.57. The Kier molecular flexibility index (Phi) is 2.18. The Morgan fingerprint density at radius 3 is 3.27 bits per heavy atom. The van der Waals surface area contributed by atoms with Crippen LogP contribution >= 0.6 is 0 Å². The van der Waals surface area contributed by atoms with Crippen LogP contribution in [0.5, 0.6) is 0 Å². The van der Waals surface area contributed by atoms with Crippen LogP contribution < -0.4 is 15.9 Å². The molecule has 3 nitrogen and oxygen atoms in total. The smallest absolute Gasteiger partial charge is 0.0664 e. The van der Waals surface area contributed by atoms with Crippen molar-refractivity contribution in [1.82, 2.24) is 5.32 Å². The maximum atomic E-state index is 5.54. The second-order valence-electron chi connectivity index (χ2n) is 3.97. The van der Waals surface area contributed by atoms with Gasteiger partial charge in [-0.3, -0.25) is 4.99 Å². The van der Waals surface area contributed by atoms with E-state index in [1.807, 2.05) is 6.07 Å². The van der Waals surface area contributed by atoms with Gasteiger partial charge in [0.1, 0.15) is 0 Å². The van der Waals surface area contributed by atoms with Crippen molar-refractivity contribution >= 4 is 5.70 Å². The third-order valence-corrected chi connectivity index (χ3v) is 2.97. The zero-order chi connectivity index (χ0) is 10.1. The highest BCUT2D eigenvalue weighted by molar-refractivity contribution is 5.47. The van der Waals surface area contributed by atoms with Gasteiger partial charge in [0.05, 0.1) is 25.1 Å². The van der Waals surface area contributed by atoms with Gasteiger partial charge in [0.25, 0.3) is 0 Å². The number of fused-ring (bicyclic) bond motifs is 2. The molecule has 1 fully saturated rings. The maximum Gasteiger partial charge on any atom is 0.0664 e. The molecule has 0 radical (unpaired) electrons. The third-order valence-electron chi connectivity index (χ3n) is 2.97. The standard InChI is InChI=1S/C12H14N2O/c1-2-4-11-10(3-1)12-9(7-14-11)8-15-6-5-13-12/h1-4,9,13H,5-8H2. The minimum absolute atomic E-state index is 0.419. The van der Waals surface area contributed by atoms with Crippen molar-refractivity contribution in [3.63, 3.8) is 0 Å². The zero-order valence-electron chi connectivity index (χ0n) is 8.57. The lowest BCUT2D eigenvalue weighted by atomic mass is 10.0. The molecule has 3 rings (SSSR count). The largest absolute Gasteiger partial charge is 0.385 e. The number of nitrogens with zero attached hydrogens (tertiary/aromatic N) is 1. The number of rotatable bonds is 0. The van der Waals surface area contributed by atoms with E-state index in [0.717, 1.165) is 31.7 Å². The summed E-state index contributed by atoms with van der Waals surface area (Å²) in [5, 5.41) is 5.83. The highest BCUT2D eigenvalue weighted by Crippen LogP contribution is 2.13. The summed E-state index contributed by atoms with van der Waals surface area (Å²) in [5.41, 5.74) is 1.32. The summed E-state index contributed by atoms with van der Waals surface area (Å²) in [6.45, 7) is 3.34. The van der Waals surface area contributed by atoms with E-state index in [-0.39, 0.29) is 0 Å². The molecule has 3 heteroatoms. The lowest BCUT2D eigenvalue weighted by molar-refractivity contribution is 0.131. The Bertz CT molecular complexity index is 481. The van der Waals surface area contributed by atoms with E-state index in [4.69, 9.17) is 4.74 Å². The Labute approximate surface area is 88.5 Å². The molecular formula is C12H14N2O. The minimum atomic E-state index is 0.419. The van der Waals surface area contributed by atoms with Crippen molar-refractivity contribution in [3.8, 4) is 0 Å². The lowest BCUT2D eigenvalue weighted by Crippen LogP contribution is -2.40. The summed E-state index contributed by atoms with van der Waals surface area (Å²) in [6, 6.07) is 8.32. The van der Waals surface area contributed by atoms with Crippen LogP contribution in [-0.2, 0) is 4.74 Å². The summed E-state index contributed by atoms with van der Waals surface area (Å²) >= 11 is 0. The Morgan fingerprint density at radius 2 is 2.27 bits per heavy atom. The molecule has 0 bridgehead atoms. The Morgan fingerprint density at radius 1 is 1.33 bits per heavy atom. The van der Waals surface area contributed by atoms with Gasteiger partial charge in [0.15, 0.2) is 0 Å². The van der Waals surface area contributed by atoms with Gasteiger partial charge in [-0.25, -0.2) is 0 Å². The van der Waals surface area contributed by atoms with Gasteiger partial charge in [0, 0.05) is 23.4 Å². The number of benzene rings is 1. The number of nitrogens with one attached hydrogen (secondary N) is 1. The highest BCUT2D eigenvalue weighted by Gasteiger charge is 2.20. The fourth-order valence-electron chi connectivity index (χ4n) is 2.22. The van der Waals surface area contributed by atoms with Crippen LogP contribution in [0.2, 0.25) is 0 Å². The van der Waals surface area contributed by atoms with Gasteiger partial charge in [-0.15, -0.1) is 0 Å². The minimum Gasteiger partial charge on any atom is -0.385 e. The van der Waals surface area contributed by atoms with Crippen molar-refractivity contribution in [2.24, 2.45) is 10.9 Å². The van der Waals surface area contributed by atoms with Crippen molar-refractivity contribution in [2.75, 3.05) is 26.3 Å². The Hall–Kier alpha value is -1.35. The number of para-hydroxylation sites is 1. The quantitative estimate of drug-likeness (QED) is 0.624. The van der Waals surface area contributed by atoms with E-state index in [1.165, 1.54) is 10.9 Å². The predicted molar refractivity (Wildman–Crippen MR) is 57.8 cm³/mol. The number of hydrogen-bond acceptors (Lipinski definition) is 3. The predicted octanol–water partition coefficient (Wildman–Crippen LogP) is -0.336. The first-order chi connectivity index (χ1) is 7.45. The molecular weight excluding hydrogens is 188 g/mol. The van der Waals surface area contributed by atoms with Crippen LogP contribution in [0.4, 0.5) is 0 Å². The first-order valence-electron chi connectivity index (χ1n) is 5.40. The topological polar surface area (TPSA) is 33.6 Å². The van der Waals surface area contributed by atoms with Crippen LogP contribution in [-0.4, -0.2) is 26.3 Å². The molecule has 0 aliphatic carbocycles. The molecule has 0 amide bonds. The van der Waals surface area contributed by atoms with Crippen LogP contribution in [0.25, 0.3) is 5.70 Å². The molecule has 0 spiro atoms. The molecule has 1 unspecified atom stereocenters. The molecule has 2 aliphatic rings. The molecule has 1 aromatic carbocycles. The fourth-order valence-corrected chi connectivity index (χ4v) is 2.22. The normalized spacial score (nSPS) is 24.3. The van der Waals surface area contributed by atoms with Crippen molar-refractivity contribution < 1.29 is 4.74 Å². The first kappa shape index (κ1) is 8.92. The summed E-state index contributed by atoms with van der Waals surface area (Å²) < 4.78 is 5.54. The second kappa shape index (κ2) is 3.66. The fraction of sp³-hybridized carbons (Fsp3) is 0.417. The van der Waals surface area contributed by atoms with Crippen molar-refractivity contribution in [2.45, 2.75) is 0 Å². The van der Waals surface area contributed by atoms with Gasteiger partial charge in [-0.2, -0.15) is 0 Å². The van der Waals surface area contributed by atoms with Crippen molar-refractivity contribution in [1.29, 1.82) is 0 Å². The van der Waals surface area contributed by atoms with E-state index in [0.29, 0.717) is 5.92 Å². The first-order valence-corrected chi connectivity index (χ1v) is 5.40. The molecule has 1 atom stereocenters. The van der Waals surface area contributed by atoms with Gasteiger partial charge < -0.3 is 10.1 Å². The maximum absolute atomic E-state index is 5.54. The lowest BCUT2D eigenvalue weighted by Gasteiger charge is -2.19. The van der Waals surface area contributed by atoms with E-state index < -0.39 is 0 Å². The molecule has 15 heavy (non-hydrogen) atoms. The molecule has 0 aromatic heterocycles. The van der Waals surface area contributed by atoms with Gasteiger partial charge in [-0.05, 0) is 6.07 Å². The molecule has 1 saturated heterocycles. The van der Waals surface area contributed by atoms with E-state index in [2.05, 4.69) is 28.5 Å². The van der Waals surface area contributed by atoms with E-state index >= 15 is 0 Å². The van der Waals surface area contributed by atoms with Crippen LogP contribution in [0.1, 0.15) is 0 Å². The average molecular weight is 202 g/mol. The third kappa shape index (κ3) is 1.53. The summed E-state index contributed by atoms with van der Waals surface area (Å²) in [5.74, 6) is 0.419. The van der Waals surface area contributed by atoms with Gasteiger partial charge in [0.2, 0.25) is 0 Å². The van der Waals surface area contributed by atoms with Crippen LogP contribution in [0.3, 0.4) is 0 Å². The second-order valence-corrected chi connectivity index (χ2v) is 3.97. The monoisotopic (exact) mass is 202 g/mol. The number of ether oxygens (including phenoxy) is 1. The Balaban J connectivity index is 2.21. The molecule has 1 N–H and O–H groups in total. The highest BCUT2D eigenvalue weighted by atomic mass is 16.5. The molecule has 0 saturated carbocycles. The van der Waals surface area contributed by atoms with Gasteiger partial charge >= 0.3 is 0 Å². The average Bonchev–Trinajstić information content (AvgIpc) is 2.54. The summed E-state index contributed by atoms with van der Waals surface area (Å²) in [7, 11) is 0. The number of hydrogen-bond donors (Lipinski definition) is 1. The van der Waals surface area contributed by atoms with Crippen LogP contribution in [0, 0.1) is 5.92 Å². The molecule has 2 aliphatic heterocycles.